The highest BCUT2D eigenvalue weighted by molar-refractivity contribution is 7.10. The van der Waals surface area contributed by atoms with Crippen LogP contribution < -0.4 is 5.73 Å². The number of thiophene rings is 1. The summed E-state index contributed by atoms with van der Waals surface area (Å²) in [7, 11) is 4.42. The van der Waals surface area contributed by atoms with Crippen molar-refractivity contribution in [2.75, 3.05) is 40.3 Å². The van der Waals surface area contributed by atoms with Crippen LogP contribution in [0.2, 0.25) is 0 Å². The topological polar surface area (TPSA) is 32.5 Å². The molecule has 0 amide bonds. The van der Waals surface area contributed by atoms with Crippen LogP contribution in [-0.2, 0) is 6.54 Å². The van der Waals surface area contributed by atoms with Crippen LogP contribution in [0.4, 0.5) is 0 Å². The number of hydrogen-bond donors (Lipinski definition) is 1. The lowest BCUT2D eigenvalue weighted by atomic mass is 10.1. The molecule has 1 fully saturated rings. The van der Waals surface area contributed by atoms with Crippen molar-refractivity contribution in [1.82, 2.24) is 9.80 Å². The Labute approximate surface area is 120 Å². The minimum absolute atomic E-state index is 0.431. The lowest BCUT2D eigenvalue weighted by Gasteiger charge is -2.20. The molecule has 0 saturated carbocycles. The summed E-state index contributed by atoms with van der Waals surface area (Å²) in [5.41, 5.74) is 6.48. The molecule has 0 spiro atoms. The number of nitrogens with zero attached hydrogens (tertiary/aromatic N) is 2. The van der Waals surface area contributed by atoms with Crippen molar-refractivity contribution in [2.45, 2.75) is 13.0 Å². The van der Waals surface area contributed by atoms with Gasteiger partial charge in [0, 0.05) is 35.5 Å². The Morgan fingerprint density at radius 2 is 2.42 bits per heavy atom. The molecule has 1 aromatic rings. The van der Waals surface area contributed by atoms with Crippen LogP contribution in [0.1, 0.15) is 16.9 Å². The molecule has 3 nitrogen and oxygen atoms in total. The molecule has 1 aliphatic rings. The molecule has 0 aromatic carbocycles. The number of nitrogens with two attached hydrogens (primary N) is 1. The minimum Gasteiger partial charge on any atom is -0.320 e. The Balaban J connectivity index is 1.81. The molecule has 1 unspecified atom stereocenters. The maximum Gasteiger partial charge on any atom is 0.0555 e. The minimum atomic E-state index is 0.431. The molecule has 0 bridgehead atoms. The maximum absolute atomic E-state index is 5.38. The van der Waals surface area contributed by atoms with E-state index in [1.165, 1.54) is 30.9 Å². The standard InChI is InChI=1S/C15H23N3S/c1-17-7-5-14(9-17)10-18(2)11-15-8-13(12-19-15)4-3-6-16/h8,12,14H,5-7,9-11,16H2,1-2H3. The lowest BCUT2D eigenvalue weighted by molar-refractivity contribution is 0.269. The molecule has 0 radical (unpaired) electrons. The quantitative estimate of drug-likeness (QED) is 0.845. The van der Waals surface area contributed by atoms with Gasteiger partial charge in [-0.3, -0.25) is 0 Å². The third-order valence-electron chi connectivity index (χ3n) is 3.47. The lowest BCUT2D eigenvalue weighted by Crippen LogP contribution is -2.26. The molecule has 1 saturated heterocycles. The molecule has 4 heteroatoms. The maximum atomic E-state index is 5.38. The van der Waals surface area contributed by atoms with Gasteiger partial charge >= 0.3 is 0 Å². The summed E-state index contributed by atoms with van der Waals surface area (Å²) >= 11 is 1.79. The average Bonchev–Trinajstić information content (AvgIpc) is 2.96. The van der Waals surface area contributed by atoms with Gasteiger partial charge < -0.3 is 15.5 Å². The summed E-state index contributed by atoms with van der Waals surface area (Å²) in [5.74, 6) is 6.81. The first-order valence-electron chi connectivity index (χ1n) is 6.81. The average molecular weight is 277 g/mol. The SMILES string of the molecule is CN1CCC(CN(C)Cc2cc(C#CCN)cs2)C1. The van der Waals surface area contributed by atoms with E-state index in [0.29, 0.717) is 6.54 Å². The van der Waals surface area contributed by atoms with Crippen LogP contribution in [0.3, 0.4) is 0 Å². The van der Waals surface area contributed by atoms with Crippen LogP contribution >= 0.6 is 11.3 Å². The van der Waals surface area contributed by atoms with E-state index in [0.717, 1.165) is 18.0 Å². The highest BCUT2D eigenvalue weighted by Crippen LogP contribution is 2.19. The molecule has 104 valence electrons. The van der Waals surface area contributed by atoms with Gasteiger partial charge in [0.1, 0.15) is 0 Å². The fourth-order valence-electron chi connectivity index (χ4n) is 2.63. The smallest absolute Gasteiger partial charge is 0.0555 e. The predicted octanol–water partition coefficient (Wildman–Crippen LogP) is 1.44. The first kappa shape index (κ1) is 14.5. The van der Waals surface area contributed by atoms with Crippen LogP contribution in [-0.4, -0.2) is 50.1 Å². The third kappa shape index (κ3) is 4.63. The van der Waals surface area contributed by atoms with Crippen molar-refractivity contribution >= 4 is 11.3 Å². The van der Waals surface area contributed by atoms with Crippen molar-refractivity contribution in [3.8, 4) is 11.8 Å². The van der Waals surface area contributed by atoms with Crippen molar-refractivity contribution in [3.05, 3.63) is 21.9 Å². The Bertz CT molecular complexity index is 457. The summed E-state index contributed by atoms with van der Waals surface area (Å²) in [4.78, 5) is 6.23. The molecule has 1 aromatic heterocycles. The monoisotopic (exact) mass is 277 g/mol. The van der Waals surface area contributed by atoms with E-state index in [1.807, 2.05) is 0 Å². The fraction of sp³-hybridized carbons (Fsp3) is 0.600. The van der Waals surface area contributed by atoms with Crippen molar-refractivity contribution < 1.29 is 0 Å². The number of rotatable bonds is 4. The highest BCUT2D eigenvalue weighted by Gasteiger charge is 2.20. The molecule has 2 heterocycles. The van der Waals surface area contributed by atoms with Gasteiger partial charge in [-0.25, -0.2) is 0 Å². The summed E-state index contributed by atoms with van der Waals surface area (Å²) in [6.45, 7) is 5.12. The summed E-state index contributed by atoms with van der Waals surface area (Å²) in [6.07, 6.45) is 1.33. The molecule has 2 rings (SSSR count). The Hall–Kier alpha value is -0.860. The highest BCUT2D eigenvalue weighted by atomic mass is 32.1. The van der Waals surface area contributed by atoms with Gasteiger partial charge in [-0.15, -0.1) is 11.3 Å². The van der Waals surface area contributed by atoms with Crippen LogP contribution in [0.5, 0.6) is 0 Å². The molecule has 0 aliphatic carbocycles. The van der Waals surface area contributed by atoms with Gasteiger partial charge in [-0.1, -0.05) is 11.8 Å². The molecule has 19 heavy (non-hydrogen) atoms. The Morgan fingerprint density at radius 1 is 1.58 bits per heavy atom. The van der Waals surface area contributed by atoms with Gasteiger partial charge in [0.15, 0.2) is 0 Å². The second kappa shape index (κ2) is 7.06. The van der Waals surface area contributed by atoms with Crippen LogP contribution in [0, 0.1) is 17.8 Å². The van der Waals surface area contributed by atoms with Gasteiger partial charge in [0.05, 0.1) is 6.54 Å². The predicted molar refractivity (Wildman–Crippen MR) is 82.2 cm³/mol. The molecule has 1 aliphatic heterocycles. The van der Waals surface area contributed by atoms with E-state index in [2.05, 4.69) is 47.2 Å². The summed E-state index contributed by atoms with van der Waals surface area (Å²) in [6, 6.07) is 2.19. The largest absolute Gasteiger partial charge is 0.320 e. The Morgan fingerprint density at radius 3 is 3.11 bits per heavy atom. The van der Waals surface area contributed by atoms with E-state index in [9.17, 15) is 0 Å². The molecular weight excluding hydrogens is 254 g/mol. The zero-order valence-corrected chi connectivity index (χ0v) is 12.7. The molecular formula is C15H23N3S. The van der Waals surface area contributed by atoms with Crippen molar-refractivity contribution in [3.63, 3.8) is 0 Å². The molecule has 1 atom stereocenters. The van der Waals surface area contributed by atoms with E-state index in [1.54, 1.807) is 11.3 Å². The van der Waals surface area contributed by atoms with E-state index in [4.69, 9.17) is 5.73 Å². The Kier molecular flexibility index (Phi) is 5.41. The second-order valence-electron chi connectivity index (χ2n) is 5.42. The first-order valence-corrected chi connectivity index (χ1v) is 7.68. The van der Waals surface area contributed by atoms with Gasteiger partial charge in [-0.05, 0) is 39.0 Å². The number of likely N-dealkylation sites (tertiary alicyclic amines) is 1. The third-order valence-corrected chi connectivity index (χ3v) is 4.39. The van der Waals surface area contributed by atoms with Gasteiger partial charge in [0.2, 0.25) is 0 Å². The normalized spacial score (nSPS) is 19.7. The zero-order valence-electron chi connectivity index (χ0n) is 11.9. The van der Waals surface area contributed by atoms with Crippen molar-refractivity contribution in [1.29, 1.82) is 0 Å². The zero-order chi connectivity index (χ0) is 13.7. The molecule has 2 N–H and O–H groups in total. The van der Waals surface area contributed by atoms with Gasteiger partial charge in [-0.2, -0.15) is 0 Å². The van der Waals surface area contributed by atoms with Crippen LogP contribution in [0.15, 0.2) is 11.4 Å². The number of hydrogen-bond acceptors (Lipinski definition) is 4. The fourth-order valence-corrected chi connectivity index (χ4v) is 3.52. The first-order chi connectivity index (χ1) is 9.17. The van der Waals surface area contributed by atoms with E-state index in [-0.39, 0.29) is 0 Å². The second-order valence-corrected chi connectivity index (χ2v) is 6.42. The summed E-state index contributed by atoms with van der Waals surface area (Å²) < 4.78 is 0. The summed E-state index contributed by atoms with van der Waals surface area (Å²) in [5, 5.41) is 2.12. The van der Waals surface area contributed by atoms with E-state index < -0.39 is 0 Å². The van der Waals surface area contributed by atoms with Crippen molar-refractivity contribution in [2.24, 2.45) is 11.7 Å². The van der Waals surface area contributed by atoms with Crippen LogP contribution in [0.25, 0.3) is 0 Å². The van der Waals surface area contributed by atoms with Gasteiger partial charge in [0.25, 0.3) is 0 Å². The van der Waals surface area contributed by atoms with E-state index >= 15 is 0 Å².